The van der Waals surface area contributed by atoms with Crippen molar-refractivity contribution in [3.63, 3.8) is 0 Å². The van der Waals surface area contributed by atoms with Crippen molar-refractivity contribution in [3.8, 4) is 5.75 Å². The Morgan fingerprint density at radius 1 is 1.06 bits per heavy atom. The van der Waals surface area contributed by atoms with Gasteiger partial charge in [0.1, 0.15) is 11.5 Å². The number of hydrogen-bond acceptors (Lipinski definition) is 5. The monoisotopic (exact) mass is 447 g/mol. The number of aliphatic hydroxyl groups excluding tert-OH is 1. The van der Waals surface area contributed by atoms with Gasteiger partial charge < -0.3 is 14.7 Å². The number of unbranched alkanes of at least 4 members (excludes halogenated alkanes) is 1. The van der Waals surface area contributed by atoms with Gasteiger partial charge in [0.05, 0.1) is 18.2 Å². The first-order valence-electron chi connectivity index (χ1n) is 10.7. The highest BCUT2D eigenvalue weighted by Gasteiger charge is 2.46. The van der Waals surface area contributed by atoms with E-state index in [0.29, 0.717) is 17.9 Å². The summed E-state index contributed by atoms with van der Waals surface area (Å²) in [5.74, 6) is -0.842. The fraction of sp³-hybridized carbons (Fsp3) is 0.231. The summed E-state index contributed by atoms with van der Waals surface area (Å²) in [6.45, 7) is 2.95. The van der Waals surface area contributed by atoms with Gasteiger partial charge in [-0.15, -0.1) is 11.3 Å². The minimum absolute atomic E-state index is 0.110. The zero-order valence-electron chi connectivity index (χ0n) is 17.9. The Morgan fingerprint density at radius 3 is 2.59 bits per heavy atom. The highest BCUT2D eigenvalue weighted by atomic mass is 32.1. The average Bonchev–Trinajstić information content (AvgIpc) is 3.43. The molecule has 164 valence electrons. The molecule has 6 heteroatoms. The Balaban J connectivity index is 1.74. The number of ether oxygens (including phenoxy) is 1. The van der Waals surface area contributed by atoms with Crippen LogP contribution in [0.1, 0.15) is 41.8 Å². The molecule has 0 bridgehead atoms. The van der Waals surface area contributed by atoms with E-state index < -0.39 is 17.7 Å². The van der Waals surface area contributed by atoms with E-state index in [2.05, 4.69) is 6.92 Å². The molecule has 1 N–H and O–H groups in total. The number of ketones is 1. The second-order valence-corrected chi connectivity index (χ2v) is 8.64. The molecule has 0 saturated carbocycles. The Hall–Kier alpha value is -3.38. The maximum Gasteiger partial charge on any atom is 0.295 e. The van der Waals surface area contributed by atoms with Crippen molar-refractivity contribution in [2.24, 2.45) is 0 Å². The third-order valence-corrected chi connectivity index (χ3v) is 6.35. The molecule has 2 heterocycles. The third kappa shape index (κ3) is 4.46. The quantitative estimate of drug-likeness (QED) is 0.213. The number of thiophene rings is 1. The molecule has 1 aromatic heterocycles. The van der Waals surface area contributed by atoms with Crippen molar-refractivity contribution in [2.45, 2.75) is 32.4 Å². The number of aliphatic hydroxyl groups is 1. The van der Waals surface area contributed by atoms with Crippen LogP contribution in [0.4, 0.5) is 0 Å². The molecule has 1 aliphatic heterocycles. The summed E-state index contributed by atoms with van der Waals surface area (Å²) in [7, 11) is 0. The second-order valence-electron chi connectivity index (χ2n) is 7.66. The molecular formula is C26H25NO4S. The van der Waals surface area contributed by atoms with Crippen molar-refractivity contribution in [2.75, 3.05) is 6.61 Å². The lowest BCUT2D eigenvalue weighted by atomic mass is 9.99. The van der Waals surface area contributed by atoms with E-state index in [1.54, 1.807) is 18.2 Å². The fourth-order valence-corrected chi connectivity index (χ4v) is 4.63. The van der Waals surface area contributed by atoms with Gasteiger partial charge in [-0.1, -0.05) is 61.9 Å². The smallest absolute Gasteiger partial charge is 0.295 e. The van der Waals surface area contributed by atoms with Crippen LogP contribution in [0.2, 0.25) is 0 Å². The van der Waals surface area contributed by atoms with Crippen molar-refractivity contribution in [1.82, 2.24) is 4.90 Å². The van der Waals surface area contributed by atoms with Crippen LogP contribution in [0.5, 0.6) is 5.75 Å². The summed E-state index contributed by atoms with van der Waals surface area (Å²) in [6, 6.07) is 19.7. The SMILES string of the molecule is CCCCOc1cccc(C(O)=C2C(=O)C(=O)N(Cc3ccccc3)C2c2cccs2)c1. The average molecular weight is 448 g/mol. The van der Waals surface area contributed by atoms with Gasteiger partial charge in [-0.3, -0.25) is 9.59 Å². The first kappa shape index (κ1) is 21.8. The van der Waals surface area contributed by atoms with Crippen LogP contribution in [-0.4, -0.2) is 28.3 Å². The van der Waals surface area contributed by atoms with Gasteiger partial charge in [-0.05, 0) is 35.6 Å². The molecule has 0 aliphatic carbocycles. The molecule has 2 aromatic carbocycles. The molecule has 1 atom stereocenters. The highest BCUT2D eigenvalue weighted by Crippen LogP contribution is 2.42. The maximum atomic E-state index is 13.1. The molecule has 32 heavy (non-hydrogen) atoms. The van der Waals surface area contributed by atoms with Gasteiger partial charge in [-0.25, -0.2) is 0 Å². The number of hydrogen-bond donors (Lipinski definition) is 1. The third-order valence-electron chi connectivity index (χ3n) is 5.42. The number of amides is 1. The molecule has 4 rings (SSSR count). The van der Waals surface area contributed by atoms with Crippen molar-refractivity contribution < 1.29 is 19.4 Å². The molecule has 0 spiro atoms. The van der Waals surface area contributed by atoms with E-state index in [4.69, 9.17) is 4.74 Å². The highest BCUT2D eigenvalue weighted by molar-refractivity contribution is 7.10. The van der Waals surface area contributed by atoms with Gasteiger partial charge in [0.25, 0.3) is 11.7 Å². The maximum absolute atomic E-state index is 13.1. The Kier molecular flexibility index (Phi) is 6.71. The number of likely N-dealkylation sites (tertiary alicyclic amines) is 1. The molecular weight excluding hydrogens is 422 g/mol. The van der Waals surface area contributed by atoms with E-state index in [-0.39, 0.29) is 17.9 Å². The van der Waals surface area contributed by atoms with E-state index >= 15 is 0 Å². The summed E-state index contributed by atoms with van der Waals surface area (Å²) in [6.07, 6.45) is 1.95. The molecule has 1 fully saturated rings. The van der Waals surface area contributed by atoms with Crippen LogP contribution in [0, 0.1) is 0 Å². The summed E-state index contributed by atoms with van der Waals surface area (Å²) in [4.78, 5) is 28.5. The minimum atomic E-state index is -0.672. The summed E-state index contributed by atoms with van der Waals surface area (Å²) in [5, 5.41) is 13.1. The predicted octanol–water partition coefficient (Wildman–Crippen LogP) is 5.55. The van der Waals surface area contributed by atoms with Gasteiger partial charge >= 0.3 is 0 Å². The molecule has 1 unspecified atom stereocenters. The largest absolute Gasteiger partial charge is 0.507 e. The topological polar surface area (TPSA) is 66.8 Å². The zero-order chi connectivity index (χ0) is 22.5. The van der Waals surface area contributed by atoms with E-state index in [0.717, 1.165) is 23.3 Å². The van der Waals surface area contributed by atoms with Crippen LogP contribution < -0.4 is 4.74 Å². The molecule has 0 radical (unpaired) electrons. The summed E-state index contributed by atoms with van der Waals surface area (Å²) < 4.78 is 5.75. The fourth-order valence-electron chi connectivity index (χ4n) is 3.79. The molecule has 5 nitrogen and oxygen atoms in total. The number of nitrogens with zero attached hydrogens (tertiary/aromatic N) is 1. The Bertz CT molecular complexity index is 1120. The summed E-state index contributed by atoms with van der Waals surface area (Å²) >= 11 is 1.46. The van der Waals surface area contributed by atoms with Gasteiger partial charge in [0.2, 0.25) is 0 Å². The number of Topliss-reactive ketones (excluding diaryl/α,β-unsaturated/α-hetero) is 1. The Morgan fingerprint density at radius 2 is 1.88 bits per heavy atom. The van der Waals surface area contributed by atoms with Crippen molar-refractivity contribution in [1.29, 1.82) is 0 Å². The first-order chi connectivity index (χ1) is 15.6. The lowest BCUT2D eigenvalue weighted by Crippen LogP contribution is -2.28. The van der Waals surface area contributed by atoms with Crippen molar-refractivity contribution >= 4 is 28.8 Å². The van der Waals surface area contributed by atoms with Gasteiger partial charge in [0.15, 0.2) is 0 Å². The lowest BCUT2D eigenvalue weighted by Gasteiger charge is -2.24. The van der Waals surface area contributed by atoms with Crippen LogP contribution in [0.15, 0.2) is 77.7 Å². The number of carbonyl (C=O) groups excluding carboxylic acids is 2. The van der Waals surface area contributed by atoms with Crippen molar-refractivity contribution in [3.05, 3.63) is 93.7 Å². The Labute approximate surface area is 191 Å². The van der Waals surface area contributed by atoms with Crippen LogP contribution in [-0.2, 0) is 16.1 Å². The van der Waals surface area contributed by atoms with Gasteiger partial charge in [-0.2, -0.15) is 0 Å². The zero-order valence-corrected chi connectivity index (χ0v) is 18.7. The first-order valence-corrected chi connectivity index (χ1v) is 11.6. The molecule has 3 aromatic rings. The second kappa shape index (κ2) is 9.83. The van der Waals surface area contributed by atoms with Gasteiger partial charge in [0, 0.05) is 17.0 Å². The predicted molar refractivity (Wildman–Crippen MR) is 125 cm³/mol. The van der Waals surface area contributed by atoms with Crippen LogP contribution in [0.25, 0.3) is 5.76 Å². The standard InChI is InChI=1S/C26H25NO4S/c1-2-3-14-31-20-12-7-11-19(16-20)24(28)22-23(21-13-8-15-32-21)27(26(30)25(22)29)17-18-9-5-4-6-10-18/h4-13,15-16,23,28H,2-3,14,17H2,1H3. The molecule has 1 saturated heterocycles. The molecule has 1 aliphatic rings. The van der Waals surface area contributed by atoms with Crippen LogP contribution >= 0.6 is 11.3 Å². The van der Waals surface area contributed by atoms with E-state index in [9.17, 15) is 14.7 Å². The van der Waals surface area contributed by atoms with E-state index in [1.165, 1.54) is 16.2 Å². The number of rotatable bonds is 8. The summed E-state index contributed by atoms with van der Waals surface area (Å²) in [5.41, 5.74) is 1.49. The number of carbonyl (C=O) groups is 2. The van der Waals surface area contributed by atoms with E-state index in [1.807, 2.05) is 53.9 Å². The number of benzene rings is 2. The minimum Gasteiger partial charge on any atom is -0.507 e. The van der Waals surface area contributed by atoms with Crippen LogP contribution in [0.3, 0.4) is 0 Å². The normalized spacial score (nSPS) is 17.7. The molecule has 1 amide bonds. The lowest BCUT2D eigenvalue weighted by molar-refractivity contribution is -0.140.